The highest BCUT2D eigenvalue weighted by atomic mass is 32.1. The molecule has 0 aliphatic heterocycles. The molecule has 8 nitrogen and oxygen atoms in total. The maximum Gasteiger partial charge on any atom is 0.419 e. The molecule has 0 spiro atoms. The summed E-state index contributed by atoms with van der Waals surface area (Å²) < 4.78 is 38.5. The highest BCUT2D eigenvalue weighted by molar-refractivity contribution is 7.80. The molecule has 0 unspecified atom stereocenters. The fraction of sp³-hybridized carbons (Fsp3) is 0.455. The van der Waals surface area contributed by atoms with Gasteiger partial charge in [0.2, 0.25) is 5.96 Å². The van der Waals surface area contributed by atoms with Crippen molar-refractivity contribution in [3.8, 4) is 0 Å². The highest BCUT2D eigenvalue weighted by Crippen LogP contribution is 2.28. The van der Waals surface area contributed by atoms with E-state index in [-0.39, 0.29) is 17.6 Å². The van der Waals surface area contributed by atoms with Crippen LogP contribution in [-0.2, 0) is 6.18 Å². The lowest BCUT2D eigenvalue weighted by Gasteiger charge is -2.18. The number of guanidine groups is 1. The zero-order chi connectivity index (χ0) is 17.6. The summed E-state index contributed by atoms with van der Waals surface area (Å²) in [5.74, 6) is 0.355. The molecule has 0 fully saturated rings. The van der Waals surface area contributed by atoms with E-state index >= 15 is 0 Å². The Kier molecular flexibility index (Phi) is 6.30. The Morgan fingerprint density at radius 2 is 2.13 bits per heavy atom. The summed E-state index contributed by atoms with van der Waals surface area (Å²) in [7, 11) is 1.61. The molecule has 1 aromatic rings. The van der Waals surface area contributed by atoms with E-state index in [1.165, 1.54) is 4.90 Å². The first-order valence-corrected chi connectivity index (χ1v) is 6.75. The summed E-state index contributed by atoms with van der Waals surface area (Å²) in [6, 6.07) is 0. The average molecular weight is 350 g/mol. The minimum absolute atomic E-state index is 0.0626. The zero-order valence-electron chi connectivity index (χ0n) is 12.5. The second-order valence-electron chi connectivity index (χ2n) is 4.51. The lowest BCUT2D eigenvalue weighted by molar-refractivity contribution is -0.137. The van der Waals surface area contributed by atoms with Crippen molar-refractivity contribution >= 4 is 29.1 Å². The van der Waals surface area contributed by atoms with Gasteiger partial charge in [0.15, 0.2) is 5.11 Å². The molecule has 0 aliphatic carbocycles. The summed E-state index contributed by atoms with van der Waals surface area (Å²) in [5.41, 5.74) is 12.4. The van der Waals surface area contributed by atoms with Crippen molar-refractivity contribution in [3.63, 3.8) is 0 Å². The zero-order valence-corrected chi connectivity index (χ0v) is 13.3. The quantitative estimate of drug-likeness (QED) is 0.309. The number of likely N-dealkylation sites (N-methyl/N-ethyl adjacent to an activating group) is 1. The Morgan fingerprint density at radius 1 is 1.48 bits per heavy atom. The standard InChI is InChI=1S/C11H17F3N8S/c1-7(15)19-20-9(16)17-3-4-21(2)10(23)22-6-8(5-18-22)11(12,13)14/h5-6H,3-4H2,1-2H3,(H2,15,19)(H3,16,17,20). The van der Waals surface area contributed by atoms with Crippen LogP contribution in [0.25, 0.3) is 0 Å². The van der Waals surface area contributed by atoms with E-state index in [0.29, 0.717) is 18.6 Å². The van der Waals surface area contributed by atoms with Gasteiger partial charge in [-0.05, 0) is 19.1 Å². The van der Waals surface area contributed by atoms with Crippen LogP contribution in [0.4, 0.5) is 13.2 Å². The number of aliphatic imine (C=N–C) groups is 1. The van der Waals surface area contributed by atoms with Gasteiger partial charge >= 0.3 is 6.18 Å². The Hall–Kier alpha value is -2.37. The van der Waals surface area contributed by atoms with Gasteiger partial charge in [-0.2, -0.15) is 23.4 Å². The molecule has 1 heterocycles. The van der Waals surface area contributed by atoms with E-state index in [2.05, 4.69) is 20.6 Å². The van der Waals surface area contributed by atoms with E-state index in [1.54, 1.807) is 14.0 Å². The lowest BCUT2D eigenvalue weighted by atomic mass is 10.4. The first kappa shape index (κ1) is 18.7. The van der Waals surface area contributed by atoms with Crippen molar-refractivity contribution in [1.82, 2.24) is 20.1 Å². The molecule has 1 rings (SSSR count). The van der Waals surface area contributed by atoms with E-state index < -0.39 is 11.7 Å². The fourth-order valence-electron chi connectivity index (χ4n) is 1.35. The Balaban J connectivity index is 2.56. The van der Waals surface area contributed by atoms with Crippen molar-refractivity contribution in [1.29, 1.82) is 0 Å². The van der Waals surface area contributed by atoms with E-state index in [1.807, 2.05) is 0 Å². The predicted molar refractivity (Wildman–Crippen MR) is 84.8 cm³/mol. The number of hydrogen-bond donors (Lipinski definition) is 3. The molecule has 0 saturated carbocycles. The van der Waals surface area contributed by atoms with Gasteiger partial charge in [0.05, 0.1) is 18.3 Å². The SMILES string of the molecule is C/C(N)=N/NC(N)=NCCN(C)C(=S)n1cc(C(F)(F)F)cn1. The van der Waals surface area contributed by atoms with Crippen LogP contribution < -0.4 is 16.9 Å². The van der Waals surface area contributed by atoms with E-state index in [4.69, 9.17) is 23.7 Å². The van der Waals surface area contributed by atoms with Gasteiger partial charge in [0.25, 0.3) is 0 Å². The highest BCUT2D eigenvalue weighted by Gasteiger charge is 2.32. The monoisotopic (exact) mass is 350 g/mol. The third-order valence-electron chi connectivity index (χ3n) is 2.50. The van der Waals surface area contributed by atoms with Crippen molar-refractivity contribution in [3.05, 3.63) is 18.0 Å². The molecule has 0 saturated heterocycles. The summed E-state index contributed by atoms with van der Waals surface area (Å²) in [6.07, 6.45) is -2.91. The number of nitrogens with one attached hydrogen (secondary N) is 1. The third kappa shape index (κ3) is 6.10. The number of hydrazone groups is 1. The first-order chi connectivity index (χ1) is 10.6. The maximum absolute atomic E-state index is 12.5. The van der Waals surface area contributed by atoms with E-state index in [0.717, 1.165) is 10.9 Å². The Morgan fingerprint density at radius 3 is 2.65 bits per heavy atom. The maximum atomic E-state index is 12.5. The van der Waals surface area contributed by atoms with Crippen LogP contribution in [0.2, 0.25) is 0 Å². The first-order valence-electron chi connectivity index (χ1n) is 6.34. The Labute approximate surface area is 136 Å². The molecule has 0 aromatic carbocycles. The van der Waals surface area contributed by atoms with E-state index in [9.17, 15) is 13.2 Å². The molecular weight excluding hydrogens is 333 g/mol. The van der Waals surface area contributed by atoms with Crippen LogP contribution in [0.1, 0.15) is 12.5 Å². The largest absolute Gasteiger partial charge is 0.419 e. The van der Waals surface area contributed by atoms with Crippen LogP contribution in [-0.4, -0.2) is 51.7 Å². The number of alkyl halides is 3. The number of thiocarbonyl (C=S) groups is 1. The number of hydrogen-bond acceptors (Lipinski definition) is 4. The molecule has 1 aromatic heterocycles. The van der Waals surface area contributed by atoms with Gasteiger partial charge in [-0.1, -0.05) is 0 Å². The number of nitrogens with two attached hydrogens (primary N) is 2. The molecule has 23 heavy (non-hydrogen) atoms. The molecule has 12 heteroatoms. The molecule has 0 aliphatic rings. The molecule has 128 valence electrons. The van der Waals surface area contributed by atoms with Gasteiger partial charge in [-0.15, -0.1) is 0 Å². The lowest BCUT2D eigenvalue weighted by Crippen LogP contribution is -2.34. The second-order valence-corrected chi connectivity index (χ2v) is 4.87. The topological polar surface area (TPSA) is 110 Å². The van der Waals surface area contributed by atoms with Crippen molar-refractivity contribution in [2.45, 2.75) is 13.1 Å². The smallest absolute Gasteiger partial charge is 0.386 e. The summed E-state index contributed by atoms with van der Waals surface area (Å²) >= 11 is 5.07. The van der Waals surface area contributed by atoms with Crippen LogP contribution in [0.15, 0.2) is 22.5 Å². The van der Waals surface area contributed by atoms with Gasteiger partial charge < -0.3 is 16.4 Å². The normalized spacial score (nSPS) is 13.1. The number of halogens is 3. The molecule has 0 atom stereocenters. The minimum atomic E-state index is -4.46. The number of nitrogens with zero attached hydrogens (tertiary/aromatic N) is 5. The minimum Gasteiger partial charge on any atom is -0.386 e. The summed E-state index contributed by atoms with van der Waals surface area (Å²) in [6.45, 7) is 2.15. The predicted octanol–water partition coefficient (Wildman–Crippen LogP) is 0.163. The van der Waals surface area contributed by atoms with Crippen molar-refractivity contribution in [2.24, 2.45) is 21.6 Å². The average Bonchev–Trinajstić information content (AvgIpc) is 2.93. The third-order valence-corrected chi connectivity index (χ3v) is 3.00. The van der Waals surface area contributed by atoms with Gasteiger partial charge in [-0.25, -0.2) is 10.1 Å². The molecular formula is C11H17F3N8S. The van der Waals surface area contributed by atoms with Crippen molar-refractivity contribution in [2.75, 3.05) is 20.1 Å². The fourth-order valence-corrected chi connectivity index (χ4v) is 1.54. The van der Waals surface area contributed by atoms with Crippen LogP contribution in [0, 0.1) is 0 Å². The number of amidine groups is 1. The second kappa shape index (κ2) is 7.76. The number of rotatable bonds is 4. The summed E-state index contributed by atoms with van der Waals surface area (Å²) in [5, 5.41) is 7.37. The summed E-state index contributed by atoms with van der Waals surface area (Å²) in [4.78, 5) is 5.49. The van der Waals surface area contributed by atoms with Gasteiger partial charge in [0.1, 0.15) is 5.84 Å². The molecule has 5 N–H and O–H groups in total. The molecule has 0 radical (unpaired) electrons. The van der Waals surface area contributed by atoms with Crippen molar-refractivity contribution < 1.29 is 13.2 Å². The number of aromatic nitrogens is 2. The molecule has 0 amide bonds. The van der Waals surface area contributed by atoms with Gasteiger partial charge in [0, 0.05) is 19.8 Å². The van der Waals surface area contributed by atoms with Crippen LogP contribution >= 0.6 is 12.2 Å². The van der Waals surface area contributed by atoms with Gasteiger partial charge in [-0.3, -0.25) is 4.99 Å². The Bertz CT molecular complexity index is 603. The van der Waals surface area contributed by atoms with Crippen LogP contribution in [0.5, 0.6) is 0 Å². The van der Waals surface area contributed by atoms with Crippen LogP contribution in [0.3, 0.4) is 0 Å². The molecule has 0 bridgehead atoms.